The number of rotatable bonds is 3. The molecule has 1 heterocycles. The third kappa shape index (κ3) is 3.30. The van der Waals surface area contributed by atoms with Gasteiger partial charge in [0, 0.05) is 12.1 Å². The Kier molecular flexibility index (Phi) is 4.20. The third-order valence-electron chi connectivity index (χ3n) is 3.58. The molecule has 0 radical (unpaired) electrons. The number of benzene rings is 1. The highest BCUT2D eigenvalue weighted by molar-refractivity contribution is 7.92. The molecule has 1 saturated heterocycles. The predicted molar refractivity (Wildman–Crippen MR) is 69.5 cm³/mol. The molecular weight excluding hydrogens is 272 g/mol. The van der Waals surface area contributed by atoms with Crippen LogP contribution >= 0.6 is 0 Å². The Morgan fingerprint density at radius 1 is 1.32 bits per heavy atom. The van der Waals surface area contributed by atoms with Crippen molar-refractivity contribution in [1.29, 1.82) is 0 Å². The Bertz CT molecular complexity index is 560. The first-order chi connectivity index (χ1) is 8.90. The third-order valence-corrected chi connectivity index (χ3v) is 5.94. The Morgan fingerprint density at radius 3 is 2.68 bits per heavy atom. The molecule has 0 bridgehead atoms. The van der Waals surface area contributed by atoms with Gasteiger partial charge in [-0.3, -0.25) is 0 Å². The molecular formula is C13H17F2NO2S. The summed E-state index contributed by atoms with van der Waals surface area (Å²) in [6, 6.07) is 2.61. The minimum absolute atomic E-state index is 0.107. The molecule has 0 aliphatic carbocycles. The summed E-state index contributed by atoms with van der Waals surface area (Å²) in [7, 11) is -3.19. The van der Waals surface area contributed by atoms with Crippen LogP contribution < -0.4 is 5.73 Å². The van der Waals surface area contributed by atoms with Gasteiger partial charge in [-0.25, -0.2) is 17.2 Å². The fourth-order valence-corrected chi connectivity index (χ4v) is 4.60. The van der Waals surface area contributed by atoms with Crippen LogP contribution in [0.3, 0.4) is 0 Å². The Morgan fingerprint density at radius 2 is 2.05 bits per heavy atom. The van der Waals surface area contributed by atoms with Gasteiger partial charge in [0.25, 0.3) is 0 Å². The number of halogens is 2. The minimum atomic E-state index is -3.19. The molecule has 2 N–H and O–H groups in total. The highest BCUT2D eigenvalue weighted by Crippen LogP contribution is 2.24. The number of hydrogen-bond donors (Lipinski definition) is 1. The average Bonchev–Trinajstić information content (AvgIpc) is 2.32. The molecule has 2 rings (SSSR count). The average molecular weight is 289 g/mol. The second-order valence-electron chi connectivity index (χ2n) is 5.00. The molecule has 1 fully saturated rings. The highest BCUT2D eigenvalue weighted by atomic mass is 32.2. The SMILES string of the molecule is NC(Cc1ccc(F)cc1F)C1CCCCS1(=O)=O. The van der Waals surface area contributed by atoms with Crippen molar-refractivity contribution in [2.75, 3.05) is 5.75 Å². The van der Waals surface area contributed by atoms with E-state index in [1.807, 2.05) is 0 Å². The molecule has 1 aliphatic rings. The van der Waals surface area contributed by atoms with E-state index >= 15 is 0 Å². The van der Waals surface area contributed by atoms with Gasteiger partial charge in [-0.2, -0.15) is 0 Å². The van der Waals surface area contributed by atoms with Crippen molar-refractivity contribution in [3.05, 3.63) is 35.4 Å². The Hall–Kier alpha value is -1.01. The number of sulfone groups is 1. The van der Waals surface area contributed by atoms with Crippen LogP contribution in [0.5, 0.6) is 0 Å². The van der Waals surface area contributed by atoms with Crippen molar-refractivity contribution >= 4 is 9.84 Å². The summed E-state index contributed by atoms with van der Waals surface area (Å²) in [5, 5.41) is -0.620. The zero-order valence-electron chi connectivity index (χ0n) is 10.5. The molecule has 0 amide bonds. The zero-order valence-corrected chi connectivity index (χ0v) is 11.3. The lowest BCUT2D eigenvalue weighted by molar-refractivity contribution is 0.487. The molecule has 3 nitrogen and oxygen atoms in total. The second kappa shape index (κ2) is 5.54. The van der Waals surface area contributed by atoms with Gasteiger partial charge in [0.05, 0.1) is 11.0 Å². The van der Waals surface area contributed by atoms with Gasteiger partial charge in [0.1, 0.15) is 11.6 Å². The molecule has 0 spiro atoms. The van der Waals surface area contributed by atoms with E-state index < -0.39 is 32.8 Å². The fraction of sp³-hybridized carbons (Fsp3) is 0.538. The van der Waals surface area contributed by atoms with Crippen LogP contribution in [0, 0.1) is 11.6 Å². The lowest BCUT2D eigenvalue weighted by atomic mass is 10.00. The van der Waals surface area contributed by atoms with E-state index in [0.717, 1.165) is 18.6 Å². The first-order valence-corrected chi connectivity index (χ1v) is 8.03. The van der Waals surface area contributed by atoms with Crippen LogP contribution in [0.4, 0.5) is 8.78 Å². The van der Waals surface area contributed by atoms with Gasteiger partial charge >= 0.3 is 0 Å². The van der Waals surface area contributed by atoms with E-state index in [1.54, 1.807) is 0 Å². The maximum Gasteiger partial charge on any atom is 0.154 e. The maximum absolute atomic E-state index is 13.5. The predicted octanol–water partition coefficient (Wildman–Crippen LogP) is 1.80. The van der Waals surface area contributed by atoms with E-state index in [9.17, 15) is 17.2 Å². The highest BCUT2D eigenvalue weighted by Gasteiger charge is 2.33. The fourth-order valence-electron chi connectivity index (χ4n) is 2.53. The molecule has 106 valence electrons. The molecule has 2 unspecified atom stereocenters. The summed E-state index contributed by atoms with van der Waals surface area (Å²) in [6.45, 7) is 0. The van der Waals surface area contributed by atoms with Crippen molar-refractivity contribution in [3.63, 3.8) is 0 Å². The first-order valence-electron chi connectivity index (χ1n) is 6.31. The van der Waals surface area contributed by atoms with Gasteiger partial charge in [-0.15, -0.1) is 0 Å². The van der Waals surface area contributed by atoms with E-state index in [4.69, 9.17) is 5.73 Å². The first kappa shape index (κ1) is 14.4. The Labute approximate surface area is 111 Å². The monoisotopic (exact) mass is 289 g/mol. The van der Waals surface area contributed by atoms with Crippen LogP contribution in [-0.2, 0) is 16.3 Å². The van der Waals surface area contributed by atoms with Crippen molar-refractivity contribution in [3.8, 4) is 0 Å². The van der Waals surface area contributed by atoms with Crippen molar-refractivity contribution in [1.82, 2.24) is 0 Å². The lowest BCUT2D eigenvalue weighted by Crippen LogP contribution is -2.45. The molecule has 19 heavy (non-hydrogen) atoms. The molecule has 1 aromatic rings. The normalized spacial score (nSPS) is 24.1. The van der Waals surface area contributed by atoms with Crippen LogP contribution in [0.1, 0.15) is 24.8 Å². The molecule has 6 heteroatoms. The lowest BCUT2D eigenvalue weighted by Gasteiger charge is -2.27. The van der Waals surface area contributed by atoms with Gasteiger partial charge in [0.2, 0.25) is 0 Å². The van der Waals surface area contributed by atoms with E-state index in [0.29, 0.717) is 12.8 Å². The quantitative estimate of drug-likeness (QED) is 0.923. The van der Waals surface area contributed by atoms with Gasteiger partial charge in [-0.05, 0) is 30.9 Å². The summed E-state index contributed by atoms with van der Waals surface area (Å²) in [5.41, 5.74) is 6.18. The molecule has 0 saturated carbocycles. The van der Waals surface area contributed by atoms with Crippen LogP contribution in [0.25, 0.3) is 0 Å². The van der Waals surface area contributed by atoms with Gasteiger partial charge < -0.3 is 5.73 Å². The zero-order chi connectivity index (χ0) is 14.0. The van der Waals surface area contributed by atoms with Crippen molar-refractivity contribution < 1.29 is 17.2 Å². The largest absolute Gasteiger partial charge is 0.326 e. The van der Waals surface area contributed by atoms with E-state index in [1.165, 1.54) is 6.07 Å². The smallest absolute Gasteiger partial charge is 0.154 e. The number of hydrogen-bond acceptors (Lipinski definition) is 3. The van der Waals surface area contributed by atoms with Crippen LogP contribution in [0.15, 0.2) is 18.2 Å². The van der Waals surface area contributed by atoms with E-state index in [2.05, 4.69) is 0 Å². The molecule has 2 atom stereocenters. The molecule has 1 aromatic carbocycles. The van der Waals surface area contributed by atoms with Gasteiger partial charge in [-0.1, -0.05) is 12.5 Å². The maximum atomic E-state index is 13.5. The summed E-state index contributed by atoms with van der Waals surface area (Å²) >= 11 is 0. The Balaban J connectivity index is 2.14. The van der Waals surface area contributed by atoms with Crippen LogP contribution in [0.2, 0.25) is 0 Å². The van der Waals surface area contributed by atoms with E-state index in [-0.39, 0.29) is 17.7 Å². The van der Waals surface area contributed by atoms with Gasteiger partial charge in [0.15, 0.2) is 9.84 Å². The standard InChI is InChI=1S/C13H17F2NO2S/c14-10-5-4-9(11(15)8-10)7-12(16)13-3-1-2-6-19(13,17)18/h4-5,8,12-13H,1-3,6-7,16H2. The number of nitrogens with two attached hydrogens (primary N) is 1. The summed E-state index contributed by atoms with van der Waals surface area (Å²) in [4.78, 5) is 0. The summed E-state index contributed by atoms with van der Waals surface area (Å²) in [5.74, 6) is -1.18. The summed E-state index contributed by atoms with van der Waals surface area (Å²) < 4.78 is 50.2. The second-order valence-corrected chi connectivity index (χ2v) is 7.34. The molecule has 1 aliphatic heterocycles. The van der Waals surface area contributed by atoms with Crippen molar-refractivity contribution in [2.45, 2.75) is 37.0 Å². The van der Waals surface area contributed by atoms with Crippen molar-refractivity contribution in [2.24, 2.45) is 5.73 Å². The summed E-state index contributed by atoms with van der Waals surface area (Å²) in [6.07, 6.45) is 2.11. The topological polar surface area (TPSA) is 60.2 Å². The van der Waals surface area contributed by atoms with Crippen LogP contribution in [-0.4, -0.2) is 25.5 Å². The minimum Gasteiger partial charge on any atom is -0.326 e. The molecule has 0 aromatic heterocycles.